The first kappa shape index (κ1) is 12.7. The molecule has 0 saturated carbocycles. The number of hydrogen-bond donors (Lipinski definition) is 1. The Balaban J connectivity index is 2.14. The van der Waals surface area contributed by atoms with Crippen LogP contribution in [0.5, 0.6) is 0 Å². The summed E-state index contributed by atoms with van der Waals surface area (Å²) in [7, 11) is 1.89. The molecular weight excluding hydrogens is 268 g/mol. The maximum atomic E-state index is 5.27. The van der Waals surface area contributed by atoms with Crippen LogP contribution in [0.3, 0.4) is 0 Å². The zero-order chi connectivity index (χ0) is 14.1. The monoisotopic (exact) mass is 282 g/mol. The molecule has 2 aromatic heterocycles. The molecule has 0 bridgehead atoms. The molecule has 0 aliphatic carbocycles. The van der Waals surface area contributed by atoms with E-state index in [0.717, 1.165) is 22.6 Å². The van der Waals surface area contributed by atoms with Gasteiger partial charge in [-0.2, -0.15) is 5.10 Å². The highest BCUT2D eigenvalue weighted by Crippen LogP contribution is 2.21. The van der Waals surface area contributed by atoms with Gasteiger partial charge >= 0.3 is 0 Å². The fourth-order valence-electron chi connectivity index (χ4n) is 2.10. The standard InChI is InChI=1S/C15H14N4S/c1-10-4-3-5-11(6-10)15-17-13(7-14(20)18-15)12-8-16-19(2)9-12/h3-9H,1-2H3,(H,17,18,20). The average molecular weight is 282 g/mol. The Hall–Kier alpha value is -2.27. The van der Waals surface area contributed by atoms with Crippen molar-refractivity contribution in [3.05, 3.63) is 52.9 Å². The molecular formula is C15H14N4S. The summed E-state index contributed by atoms with van der Waals surface area (Å²) in [6.07, 6.45) is 3.75. The molecule has 3 rings (SSSR count). The van der Waals surface area contributed by atoms with Crippen LogP contribution in [0, 0.1) is 11.6 Å². The van der Waals surface area contributed by atoms with Gasteiger partial charge in [-0.1, -0.05) is 36.0 Å². The Morgan fingerprint density at radius 3 is 2.75 bits per heavy atom. The van der Waals surface area contributed by atoms with Crippen LogP contribution in [0.25, 0.3) is 22.6 Å². The number of hydrogen-bond acceptors (Lipinski definition) is 3. The topological polar surface area (TPSA) is 46.5 Å². The second kappa shape index (κ2) is 5.02. The third-order valence-electron chi connectivity index (χ3n) is 3.05. The number of nitrogens with zero attached hydrogens (tertiary/aromatic N) is 3. The van der Waals surface area contributed by atoms with Crippen molar-refractivity contribution in [3.8, 4) is 22.6 Å². The molecule has 2 heterocycles. The minimum absolute atomic E-state index is 0.569. The number of rotatable bonds is 2. The summed E-state index contributed by atoms with van der Waals surface area (Å²) in [5.41, 5.74) is 4.14. The first-order valence-electron chi connectivity index (χ1n) is 6.29. The van der Waals surface area contributed by atoms with Crippen molar-refractivity contribution in [1.29, 1.82) is 0 Å². The lowest BCUT2D eigenvalue weighted by molar-refractivity contribution is 0.768. The van der Waals surface area contributed by atoms with Gasteiger partial charge in [0.15, 0.2) is 0 Å². The van der Waals surface area contributed by atoms with Crippen LogP contribution >= 0.6 is 12.2 Å². The van der Waals surface area contributed by atoms with Gasteiger partial charge in [-0.15, -0.1) is 0 Å². The zero-order valence-corrected chi connectivity index (χ0v) is 12.1. The summed E-state index contributed by atoms with van der Waals surface area (Å²) < 4.78 is 2.33. The molecule has 0 atom stereocenters. The third kappa shape index (κ3) is 2.53. The second-order valence-electron chi connectivity index (χ2n) is 4.75. The van der Waals surface area contributed by atoms with E-state index in [1.165, 1.54) is 5.56 Å². The summed E-state index contributed by atoms with van der Waals surface area (Å²) in [5, 5.41) is 4.18. The predicted molar refractivity (Wildman–Crippen MR) is 81.8 cm³/mol. The number of nitrogens with one attached hydrogen (secondary N) is 1. The van der Waals surface area contributed by atoms with E-state index in [2.05, 4.69) is 34.1 Å². The quantitative estimate of drug-likeness (QED) is 0.732. The van der Waals surface area contributed by atoms with Crippen LogP contribution in [0.4, 0.5) is 0 Å². The van der Waals surface area contributed by atoms with E-state index in [-0.39, 0.29) is 0 Å². The molecule has 1 aromatic carbocycles. The summed E-state index contributed by atoms with van der Waals surface area (Å²) in [6.45, 7) is 2.06. The van der Waals surface area contributed by atoms with Crippen molar-refractivity contribution in [2.45, 2.75) is 6.92 Å². The first-order chi connectivity index (χ1) is 9.61. The van der Waals surface area contributed by atoms with Crippen LogP contribution in [0.15, 0.2) is 42.7 Å². The van der Waals surface area contributed by atoms with Crippen LogP contribution in [0.2, 0.25) is 0 Å². The van der Waals surface area contributed by atoms with Crippen molar-refractivity contribution in [2.75, 3.05) is 0 Å². The van der Waals surface area contributed by atoms with E-state index in [9.17, 15) is 0 Å². The van der Waals surface area contributed by atoms with Crippen LogP contribution in [-0.2, 0) is 7.05 Å². The normalized spacial score (nSPS) is 10.7. The second-order valence-corrected chi connectivity index (χ2v) is 5.17. The lowest BCUT2D eigenvalue weighted by Gasteiger charge is -2.05. The molecule has 5 heteroatoms. The highest BCUT2D eigenvalue weighted by molar-refractivity contribution is 7.71. The molecule has 0 fully saturated rings. The number of aromatic amines is 1. The molecule has 0 saturated heterocycles. The van der Waals surface area contributed by atoms with Gasteiger partial charge in [0.2, 0.25) is 0 Å². The fraction of sp³-hybridized carbons (Fsp3) is 0.133. The Kier molecular flexibility index (Phi) is 3.20. The van der Waals surface area contributed by atoms with Crippen LogP contribution in [0.1, 0.15) is 5.56 Å². The van der Waals surface area contributed by atoms with Gasteiger partial charge in [-0.05, 0) is 19.1 Å². The fourth-order valence-corrected chi connectivity index (χ4v) is 2.31. The van der Waals surface area contributed by atoms with E-state index in [4.69, 9.17) is 12.2 Å². The first-order valence-corrected chi connectivity index (χ1v) is 6.70. The van der Waals surface area contributed by atoms with E-state index in [0.29, 0.717) is 4.64 Å². The SMILES string of the molecule is Cc1cccc(-c2nc(=S)cc(-c3cnn(C)c3)[nH]2)c1. The van der Waals surface area contributed by atoms with Crippen molar-refractivity contribution >= 4 is 12.2 Å². The molecule has 1 N–H and O–H groups in total. The van der Waals surface area contributed by atoms with Gasteiger partial charge in [0.25, 0.3) is 0 Å². The van der Waals surface area contributed by atoms with E-state index < -0.39 is 0 Å². The van der Waals surface area contributed by atoms with Gasteiger partial charge < -0.3 is 4.98 Å². The largest absolute Gasteiger partial charge is 0.339 e. The van der Waals surface area contributed by atoms with Crippen molar-refractivity contribution in [1.82, 2.24) is 19.7 Å². The molecule has 20 heavy (non-hydrogen) atoms. The highest BCUT2D eigenvalue weighted by atomic mass is 32.1. The van der Waals surface area contributed by atoms with Gasteiger partial charge in [-0.25, -0.2) is 4.98 Å². The Morgan fingerprint density at radius 1 is 1.20 bits per heavy atom. The van der Waals surface area contributed by atoms with E-state index in [1.54, 1.807) is 10.9 Å². The summed E-state index contributed by atoms with van der Waals surface area (Å²) in [4.78, 5) is 7.74. The number of aromatic nitrogens is 4. The highest BCUT2D eigenvalue weighted by Gasteiger charge is 2.06. The number of benzene rings is 1. The molecule has 0 radical (unpaired) electrons. The lowest BCUT2D eigenvalue weighted by Crippen LogP contribution is -1.93. The van der Waals surface area contributed by atoms with Crippen molar-refractivity contribution < 1.29 is 0 Å². The Morgan fingerprint density at radius 2 is 2.05 bits per heavy atom. The summed E-state index contributed by atoms with van der Waals surface area (Å²) >= 11 is 5.27. The Bertz CT molecular complexity index is 816. The molecule has 0 amide bonds. The summed E-state index contributed by atoms with van der Waals surface area (Å²) in [6, 6.07) is 10.0. The van der Waals surface area contributed by atoms with Gasteiger partial charge in [0.05, 0.1) is 11.9 Å². The van der Waals surface area contributed by atoms with E-state index >= 15 is 0 Å². The summed E-state index contributed by atoms with van der Waals surface area (Å²) in [5.74, 6) is 0.778. The Labute approximate surface area is 122 Å². The molecule has 0 aliphatic rings. The van der Waals surface area contributed by atoms with Gasteiger partial charge in [0.1, 0.15) is 10.5 Å². The molecule has 100 valence electrons. The van der Waals surface area contributed by atoms with Gasteiger partial charge in [0, 0.05) is 24.4 Å². The molecule has 4 nitrogen and oxygen atoms in total. The molecule has 0 aliphatic heterocycles. The minimum atomic E-state index is 0.569. The van der Waals surface area contributed by atoms with E-state index in [1.807, 2.05) is 31.4 Å². The molecule has 0 spiro atoms. The molecule has 3 aromatic rings. The number of aryl methyl sites for hydroxylation is 2. The smallest absolute Gasteiger partial charge is 0.139 e. The lowest BCUT2D eigenvalue weighted by atomic mass is 10.1. The maximum absolute atomic E-state index is 5.27. The van der Waals surface area contributed by atoms with Crippen molar-refractivity contribution in [2.24, 2.45) is 7.05 Å². The number of H-pyrrole nitrogens is 1. The maximum Gasteiger partial charge on any atom is 0.139 e. The molecule has 0 unspecified atom stereocenters. The minimum Gasteiger partial charge on any atom is -0.339 e. The predicted octanol–water partition coefficient (Wildman–Crippen LogP) is 3.52. The average Bonchev–Trinajstić information content (AvgIpc) is 2.85. The third-order valence-corrected chi connectivity index (χ3v) is 3.26. The van der Waals surface area contributed by atoms with Gasteiger partial charge in [-0.3, -0.25) is 4.68 Å². The zero-order valence-electron chi connectivity index (χ0n) is 11.3. The van der Waals surface area contributed by atoms with Crippen LogP contribution < -0.4 is 0 Å². The van der Waals surface area contributed by atoms with Crippen molar-refractivity contribution in [3.63, 3.8) is 0 Å². The van der Waals surface area contributed by atoms with Crippen LogP contribution in [-0.4, -0.2) is 19.7 Å².